The zero-order valence-corrected chi connectivity index (χ0v) is 10.3. The van der Waals surface area contributed by atoms with Crippen LogP contribution in [0.4, 0.5) is 0 Å². The third-order valence-corrected chi connectivity index (χ3v) is 2.97. The molecule has 94 valence electrons. The molecule has 1 fully saturated rings. The fraction of sp³-hybridized carbons (Fsp3) is 0.909. The molecule has 1 aliphatic heterocycles. The SMILES string of the molecule is COC(=O)C1CCCN(CC(OC)OC)C1. The Morgan fingerprint density at radius 2 is 2.06 bits per heavy atom. The summed E-state index contributed by atoms with van der Waals surface area (Å²) >= 11 is 0. The highest BCUT2D eigenvalue weighted by Gasteiger charge is 2.27. The first kappa shape index (κ1) is 13.4. The van der Waals surface area contributed by atoms with Gasteiger partial charge in [-0.25, -0.2) is 0 Å². The van der Waals surface area contributed by atoms with Gasteiger partial charge in [-0.2, -0.15) is 0 Å². The van der Waals surface area contributed by atoms with Gasteiger partial charge in [0.05, 0.1) is 13.0 Å². The van der Waals surface area contributed by atoms with E-state index in [-0.39, 0.29) is 18.2 Å². The van der Waals surface area contributed by atoms with Crippen molar-refractivity contribution in [1.82, 2.24) is 4.90 Å². The molecule has 16 heavy (non-hydrogen) atoms. The maximum Gasteiger partial charge on any atom is 0.309 e. The first-order chi connectivity index (χ1) is 7.71. The molecular formula is C11H21NO4. The van der Waals surface area contributed by atoms with E-state index in [0.29, 0.717) is 6.54 Å². The van der Waals surface area contributed by atoms with Crippen LogP contribution in [0.1, 0.15) is 12.8 Å². The highest BCUT2D eigenvalue weighted by atomic mass is 16.7. The van der Waals surface area contributed by atoms with Crippen LogP contribution in [0.15, 0.2) is 0 Å². The fourth-order valence-corrected chi connectivity index (χ4v) is 2.04. The minimum atomic E-state index is -0.226. The summed E-state index contributed by atoms with van der Waals surface area (Å²) in [5.41, 5.74) is 0. The summed E-state index contributed by atoms with van der Waals surface area (Å²) in [6.07, 6.45) is 1.70. The molecule has 5 nitrogen and oxygen atoms in total. The topological polar surface area (TPSA) is 48.0 Å². The third-order valence-electron chi connectivity index (χ3n) is 2.97. The molecule has 0 aromatic heterocycles. The number of ether oxygens (including phenoxy) is 3. The number of carbonyl (C=O) groups excluding carboxylic acids is 1. The van der Waals surface area contributed by atoms with Gasteiger partial charge in [-0.3, -0.25) is 9.69 Å². The number of nitrogens with zero attached hydrogens (tertiary/aromatic N) is 1. The van der Waals surface area contributed by atoms with E-state index in [0.717, 1.165) is 25.9 Å². The molecule has 1 rings (SSSR count). The number of rotatable bonds is 5. The average molecular weight is 231 g/mol. The second-order valence-electron chi connectivity index (χ2n) is 4.02. The van der Waals surface area contributed by atoms with Gasteiger partial charge in [-0.15, -0.1) is 0 Å². The number of methoxy groups -OCH3 is 3. The third kappa shape index (κ3) is 3.73. The van der Waals surface area contributed by atoms with Crippen LogP contribution >= 0.6 is 0 Å². The summed E-state index contributed by atoms with van der Waals surface area (Å²) in [6.45, 7) is 2.41. The molecule has 1 unspecified atom stereocenters. The standard InChI is InChI=1S/C11H21NO4/c1-14-10(15-2)8-12-6-4-5-9(7-12)11(13)16-3/h9-10H,4-8H2,1-3H3. The fourth-order valence-electron chi connectivity index (χ4n) is 2.04. The van der Waals surface area contributed by atoms with Gasteiger partial charge >= 0.3 is 5.97 Å². The number of likely N-dealkylation sites (tertiary alicyclic amines) is 1. The van der Waals surface area contributed by atoms with E-state index < -0.39 is 0 Å². The van der Waals surface area contributed by atoms with Crippen LogP contribution in [0.25, 0.3) is 0 Å². The Labute approximate surface area is 96.6 Å². The molecule has 0 spiro atoms. The molecular weight excluding hydrogens is 210 g/mol. The van der Waals surface area contributed by atoms with Crippen LogP contribution in [0.2, 0.25) is 0 Å². The zero-order valence-electron chi connectivity index (χ0n) is 10.3. The van der Waals surface area contributed by atoms with Crippen molar-refractivity contribution >= 4 is 5.97 Å². The van der Waals surface area contributed by atoms with Gasteiger partial charge in [-0.1, -0.05) is 0 Å². The number of esters is 1. The van der Waals surface area contributed by atoms with Crippen LogP contribution in [0, 0.1) is 5.92 Å². The molecule has 1 heterocycles. The largest absolute Gasteiger partial charge is 0.469 e. The Hall–Kier alpha value is -0.650. The van der Waals surface area contributed by atoms with Crippen LogP contribution in [0.3, 0.4) is 0 Å². The van der Waals surface area contributed by atoms with Crippen LogP contribution in [0.5, 0.6) is 0 Å². The molecule has 0 radical (unpaired) electrons. The summed E-state index contributed by atoms with van der Waals surface area (Å²) in [5, 5.41) is 0. The average Bonchev–Trinajstić information content (AvgIpc) is 2.35. The molecule has 1 aliphatic rings. The van der Waals surface area contributed by atoms with Gasteiger partial charge in [0.25, 0.3) is 0 Å². The summed E-state index contributed by atoms with van der Waals surface area (Å²) in [4.78, 5) is 13.6. The van der Waals surface area contributed by atoms with Crippen molar-refractivity contribution in [3.8, 4) is 0 Å². The maximum absolute atomic E-state index is 11.4. The normalized spacial score (nSPS) is 22.4. The molecule has 0 N–H and O–H groups in total. The van der Waals surface area contributed by atoms with Crippen molar-refractivity contribution in [2.45, 2.75) is 19.1 Å². The monoisotopic (exact) mass is 231 g/mol. The molecule has 0 aromatic carbocycles. The van der Waals surface area contributed by atoms with Gasteiger partial charge in [0.2, 0.25) is 0 Å². The van der Waals surface area contributed by atoms with Gasteiger partial charge in [-0.05, 0) is 19.4 Å². The maximum atomic E-state index is 11.4. The lowest BCUT2D eigenvalue weighted by Crippen LogP contribution is -2.43. The van der Waals surface area contributed by atoms with Crippen molar-refractivity contribution in [2.24, 2.45) is 5.92 Å². The predicted molar refractivity (Wildman–Crippen MR) is 59.0 cm³/mol. The molecule has 5 heteroatoms. The van der Waals surface area contributed by atoms with Gasteiger partial charge in [0.1, 0.15) is 0 Å². The molecule has 1 saturated heterocycles. The van der Waals surface area contributed by atoms with E-state index in [1.54, 1.807) is 14.2 Å². The van der Waals surface area contributed by atoms with Gasteiger partial charge in [0, 0.05) is 27.3 Å². The lowest BCUT2D eigenvalue weighted by molar-refractivity contribution is -0.149. The predicted octanol–water partition coefficient (Wildman–Crippen LogP) is 0.490. The minimum Gasteiger partial charge on any atom is -0.469 e. The van der Waals surface area contributed by atoms with Gasteiger partial charge in [0.15, 0.2) is 6.29 Å². The van der Waals surface area contributed by atoms with Crippen LogP contribution < -0.4 is 0 Å². The Morgan fingerprint density at radius 3 is 2.62 bits per heavy atom. The molecule has 0 bridgehead atoms. The molecule has 0 amide bonds. The van der Waals surface area contributed by atoms with E-state index in [4.69, 9.17) is 14.2 Å². The summed E-state index contributed by atoms with van der Waals surface area (Å²) in [7, 11) is 4.68. The van der Waals surface area contributed by atoms with Crippen molar-refractivity contribution in [1.29, 1.82) is 0 Å². The Morgan fingerprint density at radius 1 is 1.38 bits per heavy atom. The van der Waals surface area contributed by atoms with E-state index >= 15 is 0 Å². The molecule has 0 aliphatic carbocycles. The zero-order chi connectivity index (χ0) is 12.0. The number of carbonyl (C=O) groups is 1. The minimum absolute atomic E-state index is 0.00638. The van der Waals surface area contributed by atoms with E-state index in [1.165, 1.54) is 7.11 Å². The summed E-state index contributed by atoms with van der Waals surface area (Å²) in [5.74, 6) is -0.121. The second-order valence-corrected chi connectivity index (χ2v) is 4.02. The van der Waals surface area contributed by atoms with Crippen molar-refractivity contribution in [2.75, 3.05) is 41.0 Å². The number of hydrogen-bond acceptors (Lipinski definition) is 5. The Bertz CT molecular complexity index is 218. The van der Waals surface area contributed by atoms with Crippen molar-refractivity contribution in [3.05, 3.63) is 0 Å². The molecule has 0 saturated carbocycles. The highest BCUT2D eigenvalue weighted by molar-refractivity contribution is 5.72. The number of piperidine rings is 1. The second kappa shape index (κ2) is 6.83. The smallest absolute Gasteiger partial charge is 0.309 e. The summed E-state index contributed by atoms with van der Waals surface area (Å²) in [6, 6.07) is 0. The first-order valence-electron chi connectivity index (χ1n) is 5.57. The highest BCUT2D eigenvalue weighted by Crippen LogP contribution is 2.18. The van der Waals surface area contributed by atoms with E-state index in [9.17, 15) is 4.79 Å². The van der Waals surface area contributed by atoms with Crippen molar-refractivity contribution < 1.29 is 19.0 Å². The van der Waals surface area contributed by atoms with Crippen LogP contribution in [-0.4, -0.2) is 58.1 Å². The quantitative estimate of drug-likeness (QED) is 0.509. The Kier molecular flexibility index (Phi) is 5.73. The van der Waals surface area contributed by atoms with Crippen molar-refractivity contribution in [3.63, 3.8) is 0 Å². The molecule has 1 atom stereocenters. The van der Waals surface area contributed by atoms with Crippen LogP contribution in [-0.2, 0) is 19.0 Å². The summed E-state index contributed by atoms with van der Waals surface area (Å²) < 4.78 is 15.1. The van der Waals surface area contributed by atoms with E-state index in [1.807, 2.05) is 0 Å². The Balaban J connectivity index is 2.41. The van der Waals surface area contributed by atoms with E-state index in [2.05, 4.69) is 4.90 Å². The first-order valence-corrected chi connectivity index (χ1v) is 5.57. The lowest BCUT2D eigenvalue weighted by Gasteiger charge is -2.32. The van der Waals surface area contributed by atoms with Gasteiger partial charge < -0.3 is 14.2 Å². The molecule has 0 aromatic rings. The number of hydrogen-bond donors (Lipinski definition) is 0. The lowest BCUT2D eigenvalue weighted by atomic mass is 9.98.